The standard InChI is InChI=1S/C13H15ClN2O3/c14-6-1-7-19-13-8-10(9-15-11-3-4-11)2-5-12(13)16(17)18/h1-2,5-6,8,11,15H,3-4,7,9H2. The van der Waals surface area contributed by atoms with E-state index in [0.29, 0.717) is 12.6 Å². The van der Waals surface area contributed by atoms with Crippen molar-refractivity contribution in [2.24, 2.45) is 0 Å². The van der Waals surface area contributed by atoms with Crippen molar-refractivity contribution in [3.63, 3.8) is 0 Å². The van der Waals surface area contributed by atoms with Crippen molar-refractivity contribution in [2.75, 3.05) is 6.61 Å². The normalized spacial score (nSPS) is 14.8. The molecular formula is C13H15ClN2O3. The molecule has 19 heavy (non-hydrogen) atoms. The van der Waals surface area contributed by atoms with Crippen LogP contribution >= 0.6 is 11.6 Å². The number of benzene rings is 1. The van der Waals surface area contributed by atoms with Crippen molar-refractivity contribution < 1.29 is 9.66 Å². The molecule has 1 N–H and O–H groups in total. The molecule has 0 aliphatic heterocycles. The van der Waals surface area contributed by atoms with Crippen molar-refractivity contribution in [3.8, 4) is 5.75 Å². The van der Waals surface area contributed by atoms with E-state index in [1.165, 1.54) is 24.4 Å². The Kier molecular flexibility index (Phi) is 4.76. The molecule has 1 aromatic rings. The fourth-order valence-electron chi connectivity index (χ4n) is 1.66. The third-order valence-electron chi connectivity index (χ3n) is 2.82. The minimum Gasteiger partial charge on any atom is -0.483 e. The molecule has 0 spiro atoms. The molecule has 0 heterocycles. The second kappa shape index (κ2) is 6.54. The highest BCUT2D eigenvalue weighted by molar-refractivity contribution is 6.25. The molecule has 0 saturated heterocycles. The summed E-state index contributed by atoms with van der Waals surface area (Å²) in [7, 11) is 0. The van der Waals surface area contributed by atoms with Gasteiger partial charge in [0.25, 0.3) is 0 Å². The highest BCUT2D eigenvalue weighted by Gasteiger charge is 2.21. The summed E-state index contributed by atoms with van der Waals surface area (Å²) in [6.07, 6.45) is 3.99. The summed E-state index contributed by atoms with van der Waals surface area (Å²) in [5.41, 5.74) is 2.27. The molecule has 0 atom stereocenters. The molecule has 1 aromatic carbocycles. The highest BCUT2D eigenvalue weighted by Crippen LogP contribution is 2.28. The molecule has 1 aliphatic rings. The highest BCUT2D eigenvalue weighted by atomic mass is 35.5. The first-order chi connectivity index (χ1) is 9.20. The molecule has 5 nitrogen and oxygen atoms in total. The topological polar surface area (TPSA) is 64.4 Å². The third kappa shape index (κ3) is 4.22. The van der Waals surface area contributed by atoms with Gasteiger partial charge < -0.3 is 10.1 Å². The molecule has 6 heteroatoms. The first-order valence-corrected chi connectivity index (χ1v) is 6.53. The predicted octanol–water partition coefficient (Wildman–Crippen LogP) is 2.98. The quantitative estimate of drug-likeness (QED) is 0.617. The molecule has 0 bridgehead atoms. The van der Waals surface area contributed by atoms with Gasteiger partial charge in [-0.25, -0.2) is 0 Å². The van der Waals surface area contributed by atoms with Crippen molar-refractivity contribution in [1.82, 2.24) is 5.32 Å². The number of halogens is 1. The van der Waals surface area contributed by atoms with E-state index in [-0.39, 0.29) is 18.0 Å². The first kappa shape index (κ1) is 13.8. The lowest BCUT2D eigenvalue weighted by Crippen LogP contribution is -2.15. The van der Waals surface area contributed by atoms with Crippen LogP contribution in [0.3, 0.4) is 0 Å². The monoisotopic (exact) mass is 282 g/mol. The van der Waals surface area contributed by atoms with Crippen LogP contribution in [0.4, 0.5) is 5.69 Å². The SMILES string of the molecule is O=[N+]([O-])c1ccc(CNC2CC2)cc1OCC=CCl. The predicted molar refractivity (Wildman–Crippen MR) is 73.4 cm³/mol. The van der Waals surface area contributed by atoms with Crippen LogP contribution in [0.15, 0.2) is 29.8 Å². The lowest BCUT2D eigenvalue weighted by Gasteiger charge is -2.08. The van der Waals surface area contributed by atoms with Crippen molar-refractivity contribution in [3.05, 3.63) is 45.5 Å². The minimum atomic E-state index is -0.447. The Morgan fingerprint density at radius 1 is 1.53 bits per heavy atom. The van der Waals surface area contributed by atoms with Crippen LogP contribution in [-0.2, 0) is 6.54 Å². The van der Waals surface area contributed by atoms with Crippen molar-refractivity contribution in [1.29, 1.82) is 0 Å². The fraction of sp³-hybridized carbons (Fsp3) is 0.385. The van der Waals surface area contributed by atoms with Crippen molar-refractivity contribution in [2.45, 2.75) is 25.4 Å². The molecule has 0 radical (unpaired) electrons. The van der Waals surface area contributed by atoms with E-state index < -0.39 is 4.92 Å². The van der Waals surface area contributed by atoms with Gasteiger partial charge in [0.1, 0.15) is 6.61 Å². The Bertz CT molecular complexity index is 487. The Hall–Kier alpha value is -1.59. The van der Waals surface area contributed by atoms with Crippen LogP contribution in [-0.4, -0.2) is 17.6 Å². The van der Waals surface area contributed by atoms with Gasteiger partial charge in [-0.1, -0.05) is 17.7 Å². The maximum absolute atomic E-state index is 10.9. The number of rotatable bonds is 7. The number of hydrogen-bond donors (Lipinski definition) is 1. The Morgan fingerprint density at radius 3 is 2.95 bits per heavy atom. The Balaban J connectivity index is 2.08. The van der Waals surface area contributed by atoms with E-state index in [2.05, 4.69) is 5.32 Å². The lowest BCUT2D eigenvalue weighted by atomic mass is 10.2. The number of ether oxygens (including phenoxy) is 1. The molecule has 0 amide bonds. The van der Waals surface area contributed by atoms with E-state index in [1.54, 1.807) is 18.2 Å². The lowest BCUT2D eigenvalue weighted by molar-refractivity contribution is -0.385. The van der Waals surface area contributed by atoms with E-state index in [4.69, 9.17) is 16.3 Å². The second-order valence-corrected chi connectivity index (χ2v) is 4.64. The van der Waals surface area contributed by atoms with Gasteiger partial charge in [-0.2, -0.15) is 0 Å². The van der Waals surface area contributed by atoms with Gasteiger partial charge in [0, 0.05) is 24.2 Å². The van der Waals surface area contributed by atoms with Crippen LogP contribution in [0.25, 0.3) is 0 Å². The maximum atomic E-state index is 10.9. The third-order valence-corrected chi connectivity index (χ3v) is 3.00. The van der Waals surface area contributed by atoms with E-state index in [1.807, 2.05) is 0 Å². The zero-order valence-corrected chi connectivity index (χ0v) is 11.1. The number of nitrogens with zero attached hydrogens (tertiary/aromatic N) is 1. The molecule has 1 saturated carbocycles. The molecule has 1 aliphatic carbocycles. The second-order valence-electron chi connectivity index (χ2n) is 4.39. The van der Waals surface area contributed by atoms with E-state index >= 15 is 0 Å². The van der Waals surface area contributed by atoms with Gasteiger partial charge >= 0.3 is 5.69 Å². The largest absolute Gasteiger partial charge is 0.483 e. The van der Waals surface area contributed by atoms with Gasteiger partial charge in [0.05, 0.1) is 4.92 Å². The summed E-state index contributed by atoms with van der Waals surface area (Å²) >= 11 is 5.39. The zero-order valence-electron chi connectivity index (χ0n) is 10.3. The minimum absolute atomic E-state index is 0.0295. The molecule has 2 rings (SSSR count). The molecule has 1 fully saturated rings. The smallest absolute Gasteiger partial charge is 0.310 e. The summed E-state index contributed by atoms with van der Waals surface area (Å²) in [5, 5.41) is 14.3. The number of nitrogens with one attached hydrogen (secondary N) is 1. The molecule has 0 unspecified atom stereocenters. The number of hydrogen-bond acceptors (Lipinski definition) is 4. The van der Waals surface area contributed by atoms with Gasteiger partial charge in [-0.05, 0) is 30.5 Å². The van der Waals surface area contributed by atoms with Crippen molar-refractivity contribution >= 4 is 17.3 Å². The maximum Gasteiger partial charge on any atom is 0.310 e. The zero-order chi connectivity index (χ0) is 13.7. The average Bonchev–Trinajstić information content (AvgIpc) is 3.20. The summed E-state index contributed by atoms with van der Waals surface area (Å²) in [6.45, 7) is 0.911. The van der Waals surface area contributed by atoms with E-state index in [9.17, 15) is 10.1 Å². The van der Waals surface area contributed by atoms with Gasteiger partial charge in [0.15, 0.2) is 5.75 Å². The molecule has 0 aromatic heterocycles. The van der Waals surface area contributed by atoms with Gasteiger partial charge in [-0.3, -0.25) is 10.1 Å². The van der Waals surface area contributed by atoms with E-state index in [0.717, 1.165) is 5.56 Å². The average molecular weight is 283 g/mol. The van der Waals surface area contributed by atoms with Gasteiger partial charge in [-0.15, -0.1) is 0 Å². The number of nitro benzene ring substituents is 1. The summed E-state index contributed by atoms with van der Waals surface area (Å²) in [6, 6.07) is 5.52. The van der Waals surface area contributed by atoms with Crippen LogP contribution in [0.2, 0.25) is 0 Å². The summed E-state index contributed by atoms with van der Waals surface area (Å²) < 4.78 is 5.36. The Morgan fingerprint density at radius 2 is 2.32 bits per heavy atom. The molecular weight excluding hydrogens is 268 g/mol. The molecule has 102 valence electrons. The fourth-order valence-corrected chi connectivity index (χ4v) is 1.73. The summed E-state index contributed by atoms with van der Waals surface area (Å²) in [5.74, 6) is 0.273. The first-order valence-electron chi connectivity index (χ1n) is 6.09. The van der Waals surface area contributed by atoms with Crippen LogP contribution in [0, 0.1) is 10.1 Å². The van der Waals surface area contributed by atoms with Crippen LogP contribution in [0.5, 0.6) is 5.75 Å². The van der Waals surface area contributed by atoms with Crippen LogP contribution < -0.4 is 10.1 Å². The van der Waals surface area contributed by atoms with Crippen LogP contribution in [0.1, 0.15) is 18.4 Å². The van der Waals surface area contributed by atoms with Gasteiger partial charge in [0.2, 0.25) is 0 Å². The summed E-state index contributed by atoms with van der Waals surface area (Å²) in [4.78, 5) is 10.5. The number of nitro groups is 1. The Labute approximate surface area is 116 Å².